The van der Waals surface area contributed by atoms with Gasteiger partial charge in [-0.3, -0.25) is 5.32 Å². The molecule has 2 amide bonds. The number of piperidine rings is 1. The number of ether oxygens (including phenoxy) is 2. The van der Waals surface area contributed by atoms with Crippen LogP contribution in [-0.2, 0) is 9.47 Å². The zero-order chi connectivity index (χ0) is 19.3. The zero-order valence-corrected chi connectivity index (χ0v) is 16.5. The van der Waals surface area contributed by atoms with Crippen LogP contribution in [0.25, 0.3) is 0 Å². The molecule has 1 N–H and O–H groups in total. The molecule has 2 rings (SSSR count). The van der Waals surface area contributed by atoms with Crippen LogP contribution in [0.2, 0.25) is 0 Å². The lowest BCUT2D eigenvalue weighted by atomic mass is 10.00. The van der Waals surface area contributed by atoms with Gasteiger partial charge < -0.3 is 14.4 Å². The number of carbonyl (C=O) groups is 3. The molecule has 1 aromatic rings. The Morgan fingerprint density at radius 3 is 2.27 bits per heavy atom. The number of nitrogens with zero attached hydrogens (tertiary/aromatic N) is 1. The van der Waals surface area contributed by atoms with Crippen molar-refractivity contribution in [3.05, 3.63) is 16.0 Å². The molecule has 26 heavy (non-hydrogen) atoms. The largest absolute Gasteiger partial charge is 0.462 e. The monoisotopic (exact) mass is 382 g/mol. The molecule has 0 aromatic carbocycles. The highest BCUT2D eigenvalue weighted by molar-refractivity contribution is 7.18. The van der Waals surface area contributed by atoms with E-state index in [1.54, 1.807) is 25.7 Å². The summed E-state index contributed by atoms with van der Waals surface area (Å²) >= 11 is 1.05. The maximum Gasteiger partial charge on any atom is 0.348 e. The summed E-state index contributed by atoms with van der Waals surface area (Å²) in [6, 6.07) is -0.265. The molecule has 0 radical (unpaired) electrons. The van der Waals surface area contributed by atoms with Crippen molar-refractivity contribution in [2.75, 3.05) is 31.6 Å². The molecule has 0 saturated carbocycles. The lowest BCUT2D eigenvalue weighted by molar-refractivity contribution is 0.0527. The Labute approximate surface area is 157 Å². The Balaban J connectivity index is 2.27. The van der Waals surface area contributed by atoms with E-state index in [1.165, 1.54) is 0 Å². The van der Waals surface area contributed by atoms with Crippen LogP contribution in [0.3, 0.4) is 0 Å². The number of amides is 2. The van der Waals surface area contributed by atoms with Gasteiger partial charge in [-0.25, -0.2) is 14.4 Å². The number of hydrogen-bond donors (Lipinski definition) is 1. The Morgan fingerprint density at radius 2 is 1.69 bits per heavy atom. The van der Waals surface area contributed by atoms with Gasteiger partial charge in [-0.15, -0.1) is 11.3 Å². The van der Waals surface area contributed by atoms with Crippen LogP contribution in [0, 0.1) is 12.8 Å². The van der Waals surface area contributed by atoms with Crippen molar-refractivity contribution in [1.82, 2.24) is 4.90 Å². The Bertz CT molecular complexity index is 677. The molecule has 1 saturated heterocycles. The number of hydrogen-bond acceptors (Lipinski definition) is 6. The summed E-state index contributed by atoms with van der Waals surface area (Å²) < 4.78 is 10.1. The third-order valence-corrected chi connectivity index (χ3v) is 5.57. The number of thiophene rings is 1. The average molecular weight is 382 g/mol. The van der Waals surface area contributed by atoms with Gasteiger partial charge in [-0.1, -0.05) is 6.92 Å². The first-order valence-corrected chi connectivity index (χ1v) is 9.74. The molecular formula is C18H26N2O5S. The van der Waals surface area contributed by atoms with Crippen LogP contribution in [-0.4, -0.2) is 49.2 Å². The summed E-state index contributed by atoms with van der Waals surface area (Å²) in [5.41, 5.74) is 0.688. The van der Waals surface area contributed by atoms with E-state index in [4.69, 9.17) is 9.47 Å². The van der Waals surface area contributed by atoms with E-state index in [1.807, 2.05) is 0 Å². The van der Waals surface area contributed by atoms with E-state index in [-0.39, 0.29) is 24.8 Å². The van der Waals surface area contributed by atoms with Crippen LogP contribution in [0.1, 0.15) is 59.2 Å². The minimum atomic E-state index is -0.556. The summed E-state index contributed by atoms with van der Waals surface area (Å²) in [6.45, 7) is 9.05. The van der Waals surface area contributed by atoms with Crippen LogP contribution >= 0.6 is 11.3 Å². The van der Waals surface area contributed by atoms with E-state index in [0.717, 1.165) is 24.2 Å². The topological polar surface area (TPSA) is 84.9 Å². The van der Waals surface area contributed by atoms with E-state index in [0.29, 0.717) is 34.4 Å². The minimum absolute atomic E-state index is 0.209. The van der Waals surface area contributed by atoms with Gasteiger partial charge in [0.05, 0.1) is 18.8 Å². The summed E-state index contributed by atoms with van der Waals surface area (Å²) in [7, 11) is 0. The molecule has 0 spiro atoms. The van der Waals surface area contributed by atoms with Gasteiger partial charge in [0.2, 0.25) is 0 Å². The number of anilines is 1. The molecule has 2 heterocycles. The highest BCUT2D eigenvalue weighted by Gasteiger charge is 2.29. The fourth-order valence-corrected chi connectivity index (χ4v) is 3.91. The minimum Gasteiger partial charge on any atom is -0.462 e. The lowest BCUT2D eigenvalue weighted by Gasteiger charge is -2.30. The standard InChI is InChI=1S/C18H26N2O5S/c1-5-24-16(21)13-12(4)14(17(22)25-6-2)26-15(13)19-18(23)20-9-7-11(3)8-10-20/h11H,5-10H2,1-4H3,(H,19,23). The maximum absolute atomic E-state index is 12.6. The van der Waals surface area contributed by atoms with Gasteiger partial charge in [0.1, 0.15) is 9.88 Å². The Kier molecular flexibility index (Phi) is 7.02. The Morgan fingerprint density at radius 1 is 1.12 bits per heavy atom. The predicted octanol–water partition coefficient (Wildman–Crippen LogP) is 3.67. The fraction of sp³-hybridized carbons (Fsp3) is 0.611. The first-order valence-electron chi connectivity index (χ1n) is 8.92. The van der Waals surface area contributed by atoms with Crippen molar-refractivity contribution < 1.29 is 23.9 Å². The second-order valence-corrected chi connectivity index (χ2v) is 7.32. The third kappa shape index (κ3) is 4.55. The summed E-state index contributed by atoms with van der Waals surface area (Å²) in [5.74, 6) is -0.458. The summed E-state index contributed by atoms with van der Waals surface area (Å²) in [5, 5.41) is 3.12. The van der Waals surface area contributed by atoms with Gasteiger partial charge in [0.15, 0.2) is 0 Å². The molecule has 144 valence electrons. The van der Waals surface area contributed by atoms with Gasteiger partial charge in [0.25, 0.3) is 0 Å². The normalized spacial score (nSPS) is 14.8. The van der Waals surface area contributed by atoms with Crippen LogP contribution < -0.4 is 5.32 Å². The number of esters is 2. The van der Waals surface area contributed by atoms with Crippen LogP contribution in [0.5, 0.6) is 0 Å². The molecule has 0 atom stereocenters. The number of nitrogens with one attached hydrogen (secondary N) is 1. The van der Waals surface area contributed by atoms with Crippen LogP contribution in [0.4, 0.5) is 9.80 Å². The smallest absolute Gasteiger partial charge is 0.348 e. The SMILES string of the molecule is CCOC(=O)c1sc(NC(=O)N2CCC(C)CC2)c(C(=O)OCC)c1C. The van der Waals surface area contributed by atoms with Gasteiger partial charge in [-0.2, -0.15) is 0 Å². The van der Waals surface area contributed by atoms with Gasteiger partial charge in [0, 0.05) is 13.1 Å². The molecule has 1 aliphatic heterocycles. The second kappa shape index (κ2) is 9.02. The molecule has 0 unspecified atom stereocenters. The molecule has 8 heteroatoms. The average Bonchev–Trinajstić information content (AvgIpc) is 2.92. The molecule has 7 nitrogen and oxygen atoms in total. The van der Waals surface area contributed by atoms with Crippen molar-refractivity contribution in [2.24, 2.45) is 5.92 Å². The molecule has 1 aromatic heterocycles. The quantitative estimate of drug-likeness (QED) is 0.785. The van der Waals surface area contributed by atoms with E-state index in [2.05, 4.69) is 12.2 Å². The van der Waals surface area contributed by atoms with Crippen molar-refractivity contribution in [1.29, 1.82) is 0 Å². The van der Waals surface area contributed by atoms with E-state index in [9.17, 15) is 14.4 Å². The molecule has 1 fully saturated rings. The van der Waals surface area contributed by atoms with Gasteiger partial charge in [-0.05, 0) is 45.1 Å². The maximum atomic E-state index is 12.6. The zero-order valence-electron chi connectivity index (χ0n) is 15.7. The number of rotatable bonds is 5. The fourth-order valence-electron chi connectivity index (χ4n) is 2.83. The summed E-state index contributed by atoms with van der Waals surface area (Å²) in [6.07, 6.45) is 1.91. The van der Waals surface area contributed by atoms with E-state index < -0.39 is 11.9 Å². The molecular weight excluding hydrogens is 356 g/mol. The third-order valence-electron chi connectivity index (χ3n) is 4.38. The van der Waals surface area contributed by atoms with Crippen LogP contribution in [0.15, 0.2) is 0 Å². The van der Waals surface area contributed by atoms with Gasteiger partial charge >= 0.3 is 18.0 Å². The number of likely N-dealkylation sites (tertiary alicyclic amines) is 1. The van der Waals surface area contributed by atoms with Crippen molar-refractivity contribution in [3.63, 3.8) is 0 Å². The molecule has 0 bridgehead atoms. The van der Waals surface area contributed by atoms with Crippen molar-refractivity contribution in [2.45, 2.75) is 40.5 Å². The first kappa shape index (κ1) is 20.2. The van der Waals surface area contributed by atoms with Crippen molar-refractivity contribution in [3.8, 4) is 0 Å². The first-order chi connectivity index (χ1) is 12.4. The molecule has 1 aliphatic rings. The van der Waals surface area contributed by atoms with E-state index >= 15 is 0 Å². The highest BCUT2D eigenvalue weighted by Crippen LogP contribution is 2.34. The molecule has 0 aliphatic carbocycles. The number of urea groups is 1. The number of carbonyl (C=O) groups excluding carboxylic acids is 3. The Hall–Kier alpha value is -2.09. The summed E-state index contributed by atoms with van der Waals surface area (Å²) in [4.78, 5) is 39.1. The predicted molar refractivity (Wildman–Crippen MR) is 100.0 cm³/mol. The lowest BCUT2D eigenvalue weighted by Crippen LogP contribution is -2.40. The van der Waals surface area contributed by atoms with Crippen molar-refractivity contribution >= 4 is 34.3 Å². The highest BCUT2D eigenvalue weighted by atomic mass is 32.1. The second-order valence-electron chi connectivity index (χ2n) is 6.30.